The third-order valence-electron chi connectivity index (χ3n) is 3.29. The number of nitrogens with one attached hydrogen (secondary N) is 1. The number of rotatable bonds is 4. The Bertz CT molecular complexity index is 790. The fourth-order valence-corrected chi connectivity index (χ4v) is 2.59. The van der Waals surface area contributed by atoms with Gasteiger partial charge in [-0.2, -0.15) is 4.98 Å². The normalized spacial score (nSPS) is 10.3. The third kappa shape index (κ3) is 3.70. The Morgan fingerprint density at radius 2 is 1.74 bits per heavy atom. The zero-order chi connectivity index (χ0) is 16.2. The Morgan fingerprint density at radius 1 is 1.04 bits per heavy atom. The number of nitrogens with two attached hydrogens (primary N) is 1. The maximum atomic E-state index is 5.72. The number of aromatic nitrogens is 2. The van der Waals surface area contributed by atoms with E-state index in [1.807, 2.05) is 70.8 Å². The van der Waals surface area contributed by atoms with E-state index in [0.29, 0.717) is 5.95 Å². The lowest BCUT2D eigenvalue weighted by Gasteiger charge is -2.16. The van der Waals surface area contributed by atoms with Gasteiger partial charge in [0.15, 0.2) is 0 Å². The van der Waals surface area contributed by atoms with Gasteiger partial charge in [-0.05, 0) is 43.3 Å². The van der Waals surface area contributed by atoms with Gasteiger partial charge in [0.25, 0.3) is 0 Å². The molecular weight excluding hydrogens is 401 g/mol. The molecule has 2 aromatic carbocycles. The molecule has 0 unspecified atom stereocenters. The van der Waals surface area contributed by atoms with Crippen LogP contribution in [0.2, 0.25) is 0 Å². The van der Waals surface area contributed by atoms with E-state index < -0.39 is 0 Å². The van der Waals surface area contributed by atoms with E-state index in [-0.39, 0.29) is 0 Å². The number of nitrogens with zero attached hydrogens (tertiary/aromatic N) is 3. The maximum Gasteiger partial charge on any atom is 0.241 e. The molecule has 0 aliphatic heterocycles. The summed E-state index contributed by atoms with van der Waals surface area (Å²) in [6.07, 6.45) is 1.82. The van der Waals surface area contributed by atoms with Crippen molar-refractivity contribution in [1.82, 2.24) is 9.97 Å². The summed E-state index contributed by atoms with van der Waals surface area (Å²) in [6.45, 7) is 1.98. The van der Waals surface area contributed by atoms with Crippen molar-refractivity contribution in [2.24, 2.45) is 0 Å². The molecule has 0 saturated heterocycles. The molecule has 6 heteroatoms. The van der Waals surface area contributed by atoms with Gasteiger partial charge in [-0.1, -0.05) is 18.2 Å². The summed E-state index contributed by atoms with van der Waals surface area (Å²) in [5.41, 5.74) is 9.39. The summed E-state index contributed by atoms with van der Waals surface area (Å²) in [4.78, 5) is 9.05. The lowest BCUT2D eigenvalue weighted by molar-refractivity contribution is 1.11. The summed E-state index contributed by atoms with van der Waals surface area (Å²) in [5.74, 6) is 1.40. The third-order valence-corrected chi connectivity index (χ3v) is 4.28. The number of hydrogen-bond acceptors (Lipinski definition) is 5. The summed E-state index contributed by atoms with van der Waals surface area (Å²) in [6, 6.07) is 17.6. The maximum absolute atomic E-state index is 5.72. The van der Waals surface area contributed by atoms with E-state index in [2.05, 4.69) is 38.1 Å². The topological polar surface area (TPSA) is 67.1 Å². The molecule has 3 rings (SSSR count). The lowest BCUT2D eigenvalue weighted by atomic mass is 10.2. The first-order valence-electron chi connectivity index (χ1n) is 7.10. The second kappa shape index (κ2) is 6.82. The van der Waals surface area contributed by atoms with Crippen LogP contribution in [-0.2, 0) is 0 Å². The van der Waals surface area contributed by atoms with Crippen LogP contribution in [-0.4, -0.2) is 9.97 Å². The van der Waals surface area contributed by atoms with Crippen molar-refractivity contribution < 1.29 is 0 Å². The van der Waals surface area contributed by atoms with E-state index in [4.69, 9.17) is 5.73 Å². The van der Waals surface area contributed by atoms with Crippen LogP contribution < -0.4 is 14.2 Å². The van der Waals surface area contributed by atoms with Crippen LogP contribution in [0.3, 0.4) is 0 Å². The molecular formula is C17H16IN5. The van der Waals surface area contributed by atoms with E-state index >= 15 is 0 Å². The molecule has 23 heavy (non-hydrogen) atoms. The van der Waals surface area contributed by atoms with Crippen LogP contribution in [0.5, 0.6) is 0 Å². The number of para-hydroxylation sites is 1. The molecule has 3 N–H and O–H groups in total. The van der Waals surface area contributed by atoms with Gasteiger partial charge in [0.1, 0.15) is 5.82 Å². The summed E-state index contributed by atoms with van der Waals surface area (Å²) in [7, 11) is 0. The van der Waals surface area contributed by atoms with Crippen LogP contribution in [0.15, 0.2) is 60.8 Å². The van der Waals surface area contributed by atoms with Crippen molar-refractivity contribution in [2.75, 3.05) is 14.2 Å². The average molecular weight is 417 g/mol. The van der Waals surface area contributed by atoms with E-state index in [9.17, 15) is 0 Å². The first kappa shape index (κ1) is 15.5. The van der Waals surface area contributed by atoms with Crippen molar-refractivity contribution in [3.05, 3.63) is 66.4 Å². The van der Waals surface area contributed by atoms with Gasteiger partial charge < -0.3 is 11.1 Å². The second-order valence-corrected chi connectivity index (χ2v) is 6.03. The number of anilines is 5. The standard InChI is InChI=1S/C17H16IN5/c1-12-11-20-17(23(18)15-5-3-2-4-6-15)22-16(12)21-14-9-7-13(19)8-10-14/h2-11H,19H2,1H3,(H,20,21,22). The molecule has 0 aliphatic rings. The van der Waals surface area contributed by atoms with Gasteiger partial charge in [0.05, 0.1) is 28.6 Å². The molecule has 3 aromatic rings. The van der Waals surface area contributed by atoms with Gasteiger partial charge in [0.2, 0.25) is 5.95 Å². The first-order chi connectivity index (χ1) is 11.1. The molecule has 116 valence electrons. The van der Waals surface area contributed by atoms with Crippen molar-refractivity contribution in [1.29, 1.82) is 0 Å². The van der Waals surface area contributed by atoms with Gasteiger partial charge in [0, 0.05) is 23.1 Å². The predicted octanol–water partition coefficient (Wildman–Crippen LogP) is 4.60. The van der Waals surface area contributed by atoms with Gasteiger partial charge in [-0.3, -0.25) is 3.11 Å². The molecule has 0 radical (unpaired) electrons. The first-order valence-corrected chi connectivity index (χ1v) is 8.07. The van der Waals surface area contributed by atoms with Crippen molar-refractivity contribution in [3.63, 3.8) is 0 Å². The summed E-state index contributed by atoms with van der Waals surface area (Å²) in [5, 5.41) is 3.31. The Morgan fingerprint density at radius 3 is 2.43 bits per heavy atom. The number of aryl methyl sites for hydroxylation is 1. The molecule has 0 fully saturated rings. The minimum absolute atomic E-state index is 0.625. The molecule has 0 aliphatic carbocycles. The van der Waals surface area contributed by atoms with E-state index in [1.54, 1.807) is 0 Å². The smallest absolute Gasteiger partial charge is 0.241 e. The van der Waals surface area contributed by atoms with Crippen LogP contribution >= 0.6 is 22.9 Å². The van der Waals surface area contributed by atoms with Crippen LogP contribution in [0, 0.1) is 6.92 Å². The average Bonchev–Trinajstić information content (AvgIpc) is 2.59. The number of hydrogen-bond donors (Lipinski definition) is 2. The molecule has 1 aromatic heterocycles. The SMILES string of the molecule is Cc1cnc(N(I)c2ccccc2)nc1Nc1ccc(N)cc1. The van der Waals surface area contributed by atoms with Crippen molar-refractivity contribution >= 4 is 51.7 Å². The fourth-order valence-electron chi connectivity index (χ4n) is 2.03. The monoisotopic (exact) mass is 417 g/mol. The Hall–Kier alpha value is -2.35. The number of benzene rings is 2. The lowest BCUT2D eigenvalue weighted by Crippen LogP contribution is -2.08. The molecule has 0 saturated carbocycles. The van der Waals surface area contributed by atoms with E-state index in [0.717, 1.165) is 28.4 Å². The number of nitrogen functional groups attached to an aromatic ring is 1. The highest BCUT2D eigenvalue weighted by molar-refractivity contribution is 14.1. The summed E-state index contributed by atoms with van der Waals surface area (Å²) >= 11 is 2.20. The van der Waals surface area contributed by atoms with Gasteiger partial charge >= 0.3 is 0 Å². The second-order valence-electron chi connectivity index (χ2n) is 5.07. The largest absolute Gasteiger partial charge is 0.399 e. The van der Waals surface area contributed by atoms with E-state index in [1.165, 1.54) is 0 Å². The minimum atomic E-state index is 0.625. The molecule has 0 spiro atoms. The quantitative estimate of drug-likeness (QED) is 0.369. The van der Waals surface area contributed by atoms with Crippen LogP contribution in [0.4, 0.5) is 28.8 Å². The van der Waals surface area contributed by atoms with Gasteiger partial charge in [-0.25, -0.2) is 4.98 Å². The molecule has 0 bridgehead atoms. The molecule has 0 amide bonds. The Balaban J connectivity index is 1.88. The highest BCUT2D eigenvalue weighted by Gasteiger charge is 2.11. The highest BCUT2D eigenvalue weighted by Crippen LogP contribution is 2.28. The Kier molecular flexibility index (Phi) is 4.61. The van der Waals surface area contributed by atoms with Gasteiger partial charge in [-0.15, -0.1) is 0 Å². The summed E-state index contributed by atoms with van der Waals surface area (Å²) < 4.78 is 1.92. The zero-order valence-electron chi connectivity index (χ0n) is 12.6. The Labute approximate surface area is 149 Å². The zero-order valence-corrected chi connectivity index (χ0v) is 14.7. The minimum Gasteiger partial charge on any atom is -0.399 e. The van der Waals surface area contributed by atoms with Crippen LogP contribution in [0.25, 0.3) is 0 Å². The highest BCUT2D eigenvalue weighted by atomic mass is 127. The predicted molar refractivity (Wildman–Crippen MR) is 104 cm³/mol. The molecule has 1 heterocycles. The van der Waals surface area contributed by atoms with Crippen LogP contribution in [0.1, 0.15) is 5.56 Å². The number of halogens is 1. The van der Waals surface area contributed by atoms with Crippen molar-refractivity contribution in [3.8, 4) is 0 Å². The molecule has 0 atom stereocenters. The van der Waals surface area contributed by atoms with Crippen molar-refractivity contribution in [2.45, 2.75) is 6.92 Å². The molecule has 5 nitrogen and oxygen atoms in total. The fraction of sp³-hybridized carbons (Fsp3) is 0.0588.